The van der Waals surface area contributed by atoms with Crippen LogP contribution in [0.1, 0.15) is 23.6 Å². The second kappa shape index (κ2) is 4.63. The van der Waals surface area contributed by atoms with Crippen LogP contribution in [-0.2, 0) is 5.60 Å². The highest BCUT2D eigenvalue weighted by molar-refractivity contribution is 9.10. The van der Waals surface area contributed by atoms with Crippen LogP contribution < -0.4 is 0 Å². The number of halogens is 1. The van der Waals surface area contributed by atoms with Crippen LogP contribution in [-0.4, -0.2) is 5.11 Å². The van der Waals surface area contributed by atoms with Crippen LogP contribution in [0.4, 0.5) is 0 Å². The summed E-state index contributed by atoms with van der Waals surface area (Å²) in [6, 6.07) is 15.7. The monoisotopic (exact) mass is 290 g/mol. The SMILES string of the molecule is Cc1ccc(C(C)(O)c2ccccc2Br)cc1. The molecule has 1 nitrogen and oxygen atoms in total. The molecule has 2 aromatic carbocycles. The Morgan fingerprint density at radius 2 is 1.59 bits per heavy atom. The van der Waals surface area contributed by atoms with Crippen molar-refractivity contribution in [3.8, 4) is 0 Å². The molecule has 0 aliphatic rings. The van der Waals surface area contributed by atoms with Crippen molar-refractivity contribution >= 4 is 15.9 Å². The maximum absolute atomic E-state index is 10.7. The predicted molar refractivity (Wildman–Crippen MR) is 74.0 cm³/mol. The van der Waals surface area contributed by atoms with E-state index in [0.29, 0.717) is 0 Å². The fourth-order valence-electron chi connectivity index (χ4n) is 1.89. The molecular formula is C15H15BrO. The predicted octanol–water partition coefficient (Wildman–Crippen LogP) is 4.01. The zero-order valence-corrected chi connectivity index (χ0v) is 11.5. The van der Waals surface area contributed by atoms with Gasteiger partial charge in [-0.2, -0.15) is 0 Å². The molecule has 0 heterocycles. The number of rotatable bonds is 2. The van der Waals surface area contributed by atoms with Gasteiger partial charge in [0.15, 0.2) is 0 Å². The molecule has 0 saturated carbocycles. The first-order chi connectivity index (χ1) is 8.01. The van der Waals surface area contributed by atoms with Gasteiger partial charge in [0.25, 0.3) is 0 Å². The van der Waals surface area contributed by atoms with Gasteiger partial charge < -0.3 is 5.11 Å². The first kappa shape index (κ1) is 12.3. The minimum Gasteiger partial charge on any atom is -0.381 e. The van der Waals surface area contributed by atoms with Crippen molar-refractivity contribution < 1.29 is 5.11 Å². The first-order valence-electron chi connectivity index (χ1n) is 5.56. The largest absolute Gasteiger partial charge is 0.381 e. The highest BCUT2D eigenvalue weighted by Crippen LogP contribution is 2.33. The molecule has 2 heteroatoms. The summed E-state index contributed by atoms with van der Waals surface area (Å²) in [6.45, 7) is 3.86. The van der Waals surface area contributed by atoms with E-state index in [4.69, 9.17) is 0 Å². The zero-order chi connectivity index (χ0) is 12.5. The maximum Gasteiger partial charge on any atom is 0.113 e. The quantitative estimate of drug-likeness (QED) is 0.886. The number of aryl methyl sites for hydroxylation is 1. The second-order valence-corrected chi connectivity index (χ2v) is 5.27. The molecule has 17 heavy (non-hydrogen) atoms. The molecule has 0 saturated heterocycles. The maximum atomic E-state index is 10.7. The molecule has 0 bridgehead atoms. The van der Waals surface area contributed by atoms with Crippen LogP contribution >= 0.6 is 15.9 Å². The Morgan fingerprint density at radius 3 is 2.18 bits per heavy atom. The van der Waals surface area contributed by atoms with Gasteiger partial charge in [-0.25, -0.2) is 0 Å². The van der Waals surface area contributed by atoms with Crippen molar-refractivity contribution in [2.75, 3.05) is 0 Å². The van der Waals surface area contributed by atoms with Crippen molar-refractivity contribution in [2.24, 2.45) is 0 Å². The summed E-state index contributed by atoms with van der Waals surface area (Å²) < 4.78 is 0.922. The Morgan fingerprint density at radius 1 is 1.00 bits per heavy atom. The Hall–Kier alpha value is -1.12. The van der Waals surface area contributed by atoms with Crippen LogP contribution in [0.5, 0.6) is 0 Å². The van der Waals surface area contributed by atoms with E-state index in [1.165, 1.54) is 5.56 Å². The van der Waals surface area contributed by atoms with Crippen molar-refractivity contribution in [1.82, 2.24) is 0 Å². The molecule has 0 aromatic heterocycles. The number of aliphatic hydroxyl groups is 1. The summed E-state index contributed by atoms with van der Waals surface area (Å²) in [4.78, 5) is 0. The summed E-state index contributed by atoms with van der Waals surface area (Å²) >= 11 is 3.48. The molecule has 1 N–H and O–H groups in total. The van der Waals surface area contributed by atoms with Crippen molar-refractivity contribution in [2.45, 2.75) is 19.4 Å². The van der Waals surface area contributed by atoms with Gasteiger partial charge in [-0.1, -0.05) is 64.0 Å². The van der Waals surface area contributed by atoms with E-state index in [1.54, 1.807) is 0 Å². The van der Waals surface area contributed by atoms with Gasteiger partial charge in [0.05, 0.1) is 0 Å². The summed E-state index contributed by atoms with van der Waals surface area (Å²) in [5.74, 6) is 0. The topological polar surface area (TPSA) is 20.2 Å². The van der Waals surface area contributed by atoms with Crippen molar-refractivity contribution in [1.29, 1.82) is 0 Å². The molecule has 2 aromatic rings. The zero-order valence-electron chi connectivity index (χ0n) is 9.94. The first-order valence-corrected chi connectivity index (χ1v) is 6.35. The van der Waals surface area contributed by atoms with E-state index in [2.05, 4.69) is 15.9 Å². The molecule has 0 amide bonds. The van der Waals surface area contributed by atoms with Crippen LogP contribution in [0.25, 0.3) is 0 Å². The lowest BCUT2D eigenvalue weighted by Gasteiger charge is -2.25. The van der Waals surface area contributed by atoms with E-state index >= 15 is 0 Å². The van der Waals surface area contributed by atoms with Crippen LogP contribution in [0, 0.1) is 6.92 Å². The van der Waals surface area contributed by atoms with E-state index in [0.717, 1.165) is 15.6 Å². The second-order valence-electron chi connectivity index (χ2n) is 4.42. The average molecular weight is 291 g/mol. The normalized spacial score (nSPS) is 14.4. The Balaban J connectivity index is 2.49. The molecular weight excluding hydrogens is 276 g/mol. The minimum absolute atomic E-state index is 0.879. The van der Waals surface area contributed by atoms with Gasteiger partial charge in [-0.3, -0.25) is 0 Å². The molecule has 0 fully saturated rings. The molecule has 0 radical (unpaired) electrons. The average Bonchev–Trinajstić information content (AvgIpc) is 2.30. The standard InChI is InChI=1S/C15H15BrO/c1-11-7-9-12(10-8-11)15(2,17)13-5-3-4-6-14(13)16/h3-10,17H,1-2H3. The van der Waals surface area contributed by atoms with Gasteiger partial charge >= 0.3 is 0 Å². The highest BCUT2D eigenvalue weighted by Gasteiger charge is 2.27. The van der Waals surface area contributed by atoms with Gasteiger partial charge in [-0.05, 0) is 25.5 Å². The third-order valence-electron chi connectivity index (χ3n) is 3.01. The third-order valence-corrected chi connectivity index (χ3v) is 3.70. The fourth-order valence-corrected chi connectivity index (χ4v) is 2.56. The Labute approximate surface area is 110 Å². The molecule has 0 aliphatic heterocycles. The number of benzene rings is 2. The summed E-state index contributed by atoms with van der Waals surface area (Å²) in [7, 11) is 0. The third kappa shape index (κ3) is 2.43. The lowest BCUT2D eigenvalue weighted by Crippen LogP contribution is -2.23. The molecule has 0 spiro atoms. The lowest BCUT2D eigenvalue weighted by atomic mass is 9.88. The molecule has 88 valence electrons. The van der Waals surface area contributed by atoms with Crippen LogP contribution in [0.15, 0.2) is 53.0 Å². The fraction of sp³-hybridized carbons (Fsp3) is 0.200. The van der Waals surface area contributed by atoms with E-state index in [-0.39, 0.29) is 0 Å². The summed E-state index contributed by atoms with van der Waals surface area (Å²) in [6.07, 6.45) is 0. The lowest BCUT2D eigenvalue weighted by molar-refractivity contribution is 0.101. The highest BCUT2D eigenvalue weighted by atomic mass is 79.9. The van der Waals surface area contributed by atoms with Crippen LogP contribution in [0.2, 0.25) is 0 Å². The van der Waals surface area contributed by atoms with Gasteiger partial charge in [-0.15, -0.1) is 0 Å². The van der Waals surface area contributed by atoms with E-state index in [9.17, 15) is 5.11 Å². The summed E-state index contributed by atoms with van der Waals surface area (Å²) in [5.41, 5.74) is 1.99. The molecule has 1 unspecified atom stereocenters. The van der Waals surface area contributed by atoms with Gasteiger partial charge in [0.1, 0.15) is 5.60 Å². The number of hydrogen-bond acceptors (Lipinski definition) is 1. The molecule has 2 rings (SSSR count). The van der Waals surface area contributed by atoms with E-state index < -0.39 is 5.60 Å². The van der Waals surface area contributed by atoms with Gasteiger partial charge in [0.2, 0.25) is 0 Å². The molecule has 1 atom stereocenters. The van der Waals surface area contributed by atoms with Gasteiger partial charge in [0, 0.05) is 10.0 Å². The van der Waals surface area contributed by atoms with Crippen LogP contribution in [0.3, 0.4) is 0 Å². The Kier molecular flexibility index (Phi) is 3.36. The summed E-state index contributed by atoms with van der Waals surface area (Å²) in [5, 5.41) is 10.7. The van der Waals surface area contributed by atoms with E-state index in [1.807, 2.05) is 62.4 Å². The smallest absolute Gasteiger partial charge is 0.113 e. The van der Waals surface area contributed by atoms with Crippen molar-refractivity contribution in [3.63, 3.8) is 0 Å². The molecule has 0 aliphatic carbocycles. The minimum atomic E-state index is -0.978. The van der Waals surface area contributed by atoms with Crippen molar-refractivity contribution in [3.05, 3.63) is 69.7 Å². The number of hydrogen-bond donors (Lipinski definition) is 1. The Bertz CT molecular complexity index is 515.